The first-order chi connectivity index (χ1) is 11.9. The monoisotopic (exact) mass is 347 g/mol. The number of imide groups is 1. The Kier molecular flexibility index (Phi) is 5.87. The summed E-state index contributed by atoms with van der Waals surface area (Å²) >= 11 is 0. The van der Waals surface area contributed by atoms with Gasteiger partial charge in [0.25, 0.3) is 5.91 Å². The number of carbonyl (C=O) groups is 4. The average Bonchev–Trinajstić information content (AvgIpc) is 2.91. The van der Waals surface area contributed by atoms with Gasteiger partial charge in [-0.3, -0.25) is 24.9 Å². The fourth-order valence-electron chi connectivity index (χ4n) is 3.02. The minimum atomic E-state index is -1.55. The van der Waals surface area contributed by atoms with Gasteiger partial charge in [0.15, 0.2) is 5.78 Å². The van der Waals surface area contributed by atoms with E-state index >= 15 is 0 Å². The molecule has 1 unspecified atom stereocenters. The molecular weight excluding hydrogens is 326 g/mol. The van der Waals surface area contributed by atoms with E-state index in [1.54, 1.807) is 30.3 Å². The third-order valence-corrected chi connectivity index (χ3v) is 4.36. The molecule has 0 radical (unpaired) electrons. The first kappa shape index (κ1) is 18.6. The summed E-state index contributed by atoms with van der Waals surface area (Å²) in [6.07, 6.45) is 1.32. The van der Waals surface area contributed by atoms with Gasteiger partial charge in [0.05, 0.1) is 6.04 Å². The third kappa shape index (κ3) is 3.85. The maximum atomic E-state index is 12.5. The van der Waals surface area contributed by atoms with Crippen LogP contribution in [-0.4, -0.2) is 46.0 Å². The Morgan fingerprint density at radius 1 is 1.32 bits per heavy atom. The van der Waals surface area contributed by atoms with Gasteiger partial charge in [0.2, 0.25) is 6.41 Å². The smallest absolute Gasteiger partial charge is 0.321 e. The first-order valence-corrected chi connectivity index (χ1v) is 8.09. The quantitative estimate of drug-likeness (QED) is 0.204. The van der Waals surface area contributed by atoms with Crippen molar-refractivity contribution in [2.24, 2.45) is 0 Å². The van der Waals surface area contributed by atoms with E-state index in [0.29, 0.717) is 17.0 Å². The minimum absolute atomic E-state index is 0.133. The molecule has 8 heteroatoms. The van der Waals surface area contributed by atoms with Gasteiger partial charge in [-0.25, -0.2) is 9.86 Å². The van der Waals surface area contributed by atoms with Gasteiger partial charge >= 0.3 is 6.03 Å². The number of urea groups is 1. The van der Waals surface area contributed by atoms with E-state index in [1.165, 1.54) is 0 Å². The second-order valence-corrected chi connectivity index (χ2v) is 5.98. The number of unbranched alkanes of at least 4 members (excludes halogenated alkanes) is 1. The Morgan fingerprint density at radius 2 is 2.00 bits per heavy atom. The van der Waals surface area contributed by atoms with Crippen molar-refractivity contribution in [2.45, 2.75) is 44.2 Å². The number of hydrogen-bond donors (Lipinski definition) is 3. The number of Topliss-reactive ketones (excluding diaryl/α,β-unsaturated/α-hetero) is 1. The second kappa shape index (κ2) is 7.89. The summed E-state index contributed by atoms with van der Waals surface area (Å²) in [5.41, 5.74) is -1.16. The van der Waals surface area contributed by atoms with Crippen LogP contribution in [0.15, 0.2) is 30.3 Å². The molecule has 134 valence electrons. The number of carbonyl (C=O) groups excluding carboxylic acids is 4. The van der Waals surface area contributed by atoms with Crippen LogP contribution in [0.3, 0.4) is 0 Å². The molecule has 1 fully saturated rings. The van der Waals surface area contributed by atoms with E-state index < -0.39 is 23.5 Å². The third-order valence-electron chi connectivity index (χ3n) is 4.36. The van der Waals surface area contributed by atoms with Crippen LogP contribution in [-0.2, 0) is 9.59 Å². The van der Waals surface area contributed by atoms with Gasteiger partial charge in [-0.2, -0.15) is 0 Å². The van der Waals surface area contributed by atoms with Crippen LogP contribution in [0.25, 0.3) is 0 Å². The van der Waals surface area contributed by atoms with E-state index in [1.807, 2.05) is 6.92 Å². The molecule has 0 aromatic heterocycles. The maximum absolute atomic E-state index is 12.5. The number of amides is 4. The molecule has 1 saturated heterocycles. The summed E-state index contributed by atoms with van der Waals surface area (Å²) < 4.78 is 0. The van der Waals surface area contributed by atoms with Crippen molar-refractivity contribution in [1.29, 1.82) is 0 Å². The molecule has 1 aromatic carbocycles. The average molecular weight is 347 g/mol. The van der Waals surface area contributed by atoms with Gasteiger partial charge in [-0.1, -0.05) is 50.1 Å². The molecule has 4 amide bonds. The Labute approximate surface area is 145 Å². The van der Waals surface area contributed by atoms with Gasteiger partial charge in [-0.05, 0) is 6.42 Å². The Balaban J connectivity index is 2.36. The zero-order valence-corrected chi connectivity index (χ0v) is 13.9. The van der Waals surface area contributed by atoms with E-state index in [9.17, 15) is 24.4 Å². The molecule has 25 heavy (non-hydrogen) atoms. The SMILES string of the molecule is CCCC[C@@]1(C(CC(=O)c2ccccc2)N(O)C=O)NC(=O)NC1=O. The van der Waals surface area contributed by atoms with Crippen molar-refractivity contribution in [2.75, 3.05) is 0 Å². The number of benzene rings is 1. The van der Waals surface area contributed by atoms with E-state index in [-0.39, 0.29) is 25.0 Å². The predicted octanol–water partition coefficient (Wildman–Crippen LogP) is 1.24. The molecule has 1 aliphatic rings. The highest BCUT2D eigenvalue weighted by molar-refractivity contribution is 6.08. The van der Waals surface area contributed by atoms with Crippen LogP contribution in [0.2, 0.25) is 0 Å². The van der Waals surface area contributed by atoms with E-state index in [2.05, 4.69) is 10.6 Å². The summed E-state index contributed by atoms with van der Waals surface area (Å²) in [4.78, 5) is 47.8. The molecule has 2 atom stereocenters. The lowest BCUT2D eigenvalue weighted by Gasteiger charge is -2.37. The molecule has 0 saturated carbocycles. The molecule has 0 aliphatic carbocycles. The van der Waals surface area contributed by atoms with Gasteiger partial charge < -0.3 is 5.32 Å². The van der Waals surface area contributed by atoms with E-state index in [0.717, 1.165) is 6.42 Å². The van der Waals surface area contributed by atoms with Crippen LogP contribution in [0, 0.1) is 0 Å². The highest BCUT2D eigenvalue weighted by atomic mass is 16.5. The fraction of sp³-hybridized carbons (Fsp3) is 0.412. The molecule has 3 N–H and O–H groups in total. The Hall–Kier alpha value is -2.74. The molecule has 1 heterocycles. The molecule has 1 aromatic rings. The topological polar surface area (TPSA) is 116 Å². The summed E-state index contributed by atoms with van der Waals surface area (Å²) in [7, 11) is 0. The fourth-order valence-corrected chi connectivity index (χ4v) is 3.02. The summed E-state index contributed by atoms with van der Waals surface area (Å²) in [6, 6.07) is 6.42. The van der Waals surface area contributed by atoms with Gasteiger partial charge in [0, 0.05) is 12.0 Å². The molecular formula is C17H21N3O5. The molecule has 8 nitrogen and oxygen atoms in total. The van der Waals surface area contributed by atoms with E-state index in [4.69, 9.17) is 0 Å². The van der Waals surface area contributed by atoms with Crippen molar-refractivity contribution in [1.82, 2.24) is 15.7 Å². The standard InChI is InChI=1S/C17H21N3O5/c1-2-3-9-17(15(23)18-16(24)19-17)14(20(25)11-21)10-13(22)12-7-5-4-6-8-12/h4-8,11,14,25H,2-3,9-10H2,1H3,(H2,18,19,23,24)/t14?,17-/m0/s1. The number of ketones is 1. The normalized spacial score (nSPS) is 20.6. The number of hydrogen-bond acceptors (Lipinski definition) is 5. The summed E-state index contributed by atoms with van der Waals surface area (Å²) in [5, 5.41) is 15.0. The van der Waals surface area contributed by atoms with Crippen LogP contribution < -0.4 is 10.6 Å². The zero-order chi connectivity index (χ0) is 18.4. The van der Waals surface area contributed by atoms with Gasteiger partial charge in [-0.15, -0.1) is 0 Å². The van der Waals surface area contributed by atoms with Crippen LogP contribution in [0.5, 0.6) is 0 Å². The van der Waals surface area contributed by atoms with Crippen LogP contribution >= 0.6 is 0 Å². The maximum Gasteiger partial charge on any atom is 0.322 e. The predicted molar refractivity (Wildman–Crippen MR) is 87.8 cm³/mol. The van der Waals surface area contributed by atoms with Crippen molar-refractivity contribution < 1.29 is 24.4 Å². The summed E-state index contributed by atoms with van der Waals surface area (Å²) in [6.45, 7) is 1.91. The second-order valence-electron chi connectivity index (χ2n) is 5.98. The highest BCUT2D eigenvalue weighted by Gasteiger charge is 2.54. The zero-order valence-electron chi connectivity index (χ0n) is 13.9. The molecule has 1 aliphatic heterocycles. The minimum Gasteiger partial charge on any atom is -0.321 e. The summed E-state index contributed by atoms with van der Waals surface area (Å²) in [5.74, 6) is -1.01. The lowest BCUT2D eigenvalue weighted by atomic mass is 9.81. The van der Waals surface area contributed by atoms with Crippen molar-refractivity contribution in [3.8, 4) is 0 Å². The lowest BCUT2D eigenvalue weighted by molar-refractivity contribution is -0.169. The molecule has 2 rings (SSSR count). The first-order valence-electron chi connectivity index (χ1n) is 8.09. The largest absolute Gasteiger partial charge is 0.322 e. The molecule has 0 spiro atoms. The van der Waals surface area contributed by atoms with Crippen molar-refractivity contribution in [3.05, 3.63) is 35.9 Å². The number of hydroxylamine groups is 2. The van der Waals surface area contributed by atoms with Crippen molar-refractivity contribution in [3.63, 3.8) is 0 Å². The number of rotatable bonds is 9. The van der Waals surface area contributed by atoms with Gasteiger partial charge in [0.1, 0.15) is 5.54 Å². The molecule has 0 bridgehead atoms. The lowest BCUT2D eigenvalue weighted by Crippen LogP contribution is -2.62. The highest BCUT2D eigenvalue weighted by Crippen LogP contribution is 2.29. The Bertz CT molecular complexity index is 664. The number of nitrogens with zero attached hydrogens (tertiary/aromatic N) is 1. The Morgan fingerprint density at radius 3 is 2.52 bits per heavy atom. The number of nitrogens with one attached hydrogen (secondary N) is 2. The van der Waals surface area contributed by atoms with Crippen molar-refractivity contribution >= 4 is 24.1 Å². The van der Waals surface area contributed by atoms with Crippen LogP contribution in [0.4, 0.5) is 4.79 Å². The van der Waals surface area contributed by atoms with Crippen LogP contribution in [0.1, 0.15) is 43.0 Å².